The molecule has 2 N–H and O–H groups in total. The molecule has 1 atom stereocenters. The van der Waals surface area contributed by atoms with Crippen LogP contribution in [0.3, 0.4) is 0 Å². The maximum Gasteiger partial charge on any atom is 0.0719 e. The van der Waals surface area contributed by atoms with E-state index in [1.54, 1.807) is 0 Å². The van der Waals surface area contributed by atoms with E-state index in [1.165, 1.54) is 11.1 Å². The average molecular weight is 207 g/mol. The van der Waals surface area contributed by atoms with Gasteiger partial charge < -0.3 is 9.57 Å². The molecule has 2 rings (SSSR count). The maximum atomic E-state index is 5.37. The molecule has 1 saturated heterocycles. The van der Waals surface area contributed by atoms with Crippen molar-refractivity contribution in [1.29, 1.82) is 0 Å². The lowest BCUT2D eigenvalue weighted by Crippen LogP contribution is -2.04. The van der Waals surface area contributed by atoms with Crippen LogP contribution >= 0.6 is 0 Å². The Morgan fingerprint density at radius 3 is 2.73 bits per heavy atom. The van der Waals surface area contributed by atoms with Crippen molar-refractivity contribution in [3.63, 3.8) is 0 Å². The monoisotopic (exact) mass is 207 g/mol. The highest BCUT2D eigenvalue weighted by Gasteiger charge is 2.17. The summed E-state index contributed by atoms with van der Waals surface area (Å²) in [7, 11) is 0. The van der Waals surface area contributed by atoms with Gasteiger partial charge in [0.25, 0.3) is 0 Å². The fourth-order valence-electron chi connectivity index (χ4n) is 1.93. The van der Waals surface area contributed by atoms with Crippen LogP contribution in [0.1, 0.15) is 23.5 Å². The van der Waals surface area contributed by atoms with Crippen molar-refractivity contribution in [3.8, 4) is 0 Å². The molecule has 0 aromatic heterocycles. The van der Waals surface area contributed by atoms with Crippen molar-refractivity contribution in [2.24, 2.45) is 5.90 Å². The van der Waals surface area contributed by atoms with Crippen LogP contribution in [0.5, 0.6) is 0 Å². The lowest BCUT2D eigenvalue weighted by Gasteiger charge is -2.08. The molecule has 0 amide bonds. The minimum absolute atomic E-state index is 0.575. The number of hydrogen-bond acceptors (Lipinski definition) is 3. The number of nitrogens with two attached hydrogens (primary N) is 1. The molecule has 15 heavy (non-hydrogen) atoms. The van der Waals surface area contributed by atoms with E-state index in [0.717, 1.165) is 26.1 Å². The summed E-state index contributed by atoms with van der Waals surface area (Å²) in [6, 6.07) is 8.66. The second-order valence-corrected chi connectivity index (χ2v) is 3.92. The molecule has 1 unspecified atom stereocenters. The average Bonchev–Trinajstić information content (AvgIpc) is 2.80. The molecular formula is C12H17NO2. The van der Waals surface area contributed by atoms with Crippen molar-refractivity contribution in [2.75, 3.05) is 19.8 Å². The summed E-state index contributed by atoms with van der Waals surface area (Å²) < 4.78 is 5.37. The molecule has 1 fully saturated rings. The third kappa shape index (κ3) is 2.78. The van der Waals surface area contributed by atoms with Crippen LogP contribution in [0.25, 0.3) is 0 Å². The highest BCUT2D eigenvalue weighted by molar-refractivity contribution is 5.26. The third-order valence-corrected chi connectivity index (χ3v) is 2.89. The zero-order valence-electron chi connectivity index (χ0n) is 8.82. The predicted molar refractivity (Wildman–Crippen MR) is 58.5 cm³/mol. The van der Waals surface area contributed by atoms with Crippen LogP contribution in [0.15, 0.2) is 24.3 Å². The fourth-order valence-corrected chi connectivity index (χ4v) is 1.93. The zero-order chi connectivity index (χ0) is 10.5. The number of benzene rings is 1. The third-order valence-electron chi connectivity index (χ3n) is 2.89. The lowest BCUT2D eigenvalue weighted by atomic mass is 9.97. The second-order valence-electron chi connectivity index (χ2n) is 3.92. The molecule has 0 spiro atoms. The summed E-state index contributed by atoms with van der Waals surface area (Å²) in [5.74, 6) is 5.58. The van der Waals surface area contributed by atoms with Gasteiger partial charge in [-0.25, -0.2) is 5.90 Å². The molecule has 1 aliphatic rings. The minimum atomic E-state index is 0.575. The molecule has 3 nitrogen and oxygen atoms in total. The first-order valence-corrected chi connectivity index (χ1v) is 5.38. The summed E-state index contributed by atoms with van der Waals surface area (Å²) in [6.45, 7) is 2.34. The van der Waals surface area contributed by atoms with Gasteiger partial charge in [-0.1, -0.05) is 24.3 Å². The van der Waals surface area contributed by atoms with Gasteiger partial charge in [-0.15, -0.1) is 0 Å². The van der Waals surface area contributed by atoms with Crippen molar-refractivity contribution < 1.29 is 9.57 Å². The summed E-state index contributed by atoms with van der Waals surface area (Å²) in [5, 5.41) is 0. The summed E-state index contributed by atoms with van der Waals surface area (Å²) >= 11 is 0. The van der Waals surface area contributed by atoms with Crippen molar-refractivity contribution in [1.82, 2.24) is 0 Å². The Morgan fingerprint density at radius 1 is 1.33 bits per heavy atom. The molecule has 0 aliphatic carbocycles. The quantitative estimate of drug-likeness (QED) is 0.763. The maximum absolute atomic E-state index is 5.37. The van der Waals surface area contributed by atoms with Crippen LogP contribution < -0.4 is 5.90 Å². The van der Waals surface area contributed by atoms with E-state index in [9.17, 15) is 0 Å². The molecule has 0 saturated carbocycles. The highest BCUT2D eigenvalue weighted by Crippen LogP contribution is 2.25. The van der Waals surface area contributed by atoms with Gasteiger partial charge in [0.15, 0.2) is 0 Å². The molecule has 0 radical (unpaired) electrons. The number of hydrogen-bond donors (Lipinski definition) is 1. The standard InChI is InChI=1S/C12H17NO2/c13-15-8-5-10-1-3-11(4-2-10)12-6-7-14-9-12/h1-4,12H,5-9,13H2. The molecule has 1 aliphatic heterocycles. The molecular weight excluding hydrogens is 190 g/mol. The van der Waals surface area contributed by atoms with Gasteiger partial charge in [0.05, 0.1) is 13.2 Å². The Labute approximate surface area is 90.1 Å². The topological polar surface area (TPSA) is 44.5 Å². The first-order chi connectivity index (χ1) is 7.40. The zero-order valence-corrected chi connectivity index (χ0v) is 8.82. The molecule has 3 heteroatoms. The number of ether oxygens (including phenoxy) is 1. The first-order valence-electron chi connectivity index (χ1n) is 5.38. The van der Waals surface area contributed by atoms with E-state index in [4.69, 9.17) is 10.6 Å². The van der Waals surface area contributed by atoms with Gasteiger partial charge in [0, 0.05) is 12.5 Å². The Kier molecular flexibility index (Phi) is 3.72. The van der Waals surface area contributed by atoms with Crippen LogP contribution in [0.4, 0.5) is 0 Å². The Morgan fingerprint density at radius 2 is 2.13 bits per heavy atom. The van der Waals surface area contributed by atoms with Gasteiger partial charge in [-0.2, -0.15) is 0 Å². The smallest absolute Gasteiger partial charge is 0.0719 e. The highest BCUT2D eigenvalue weighted by atomic mass is 16.6. The summed E-state index contributed by atoms with van der Waals surface area (Å²) in [5.41, 5.74) is 2.65. The van der Waals surface area contributed by atoms with Crippen LogP contribution in [-0.2, 0) is 16.0 Å². The van der Waals surface area contributed by atoms with Crippen molar-refractivity contribution in [2.45, 2.75) is 18.8 Å². The second kappa shape index (κ2) is 5.26. The van der Waals surface area contributed by atoms with Crippen LogP contribution in [0, 0.1) is 0 Å². The van der Waals surface area contributed by atoms with E-state index in [-0.39, 0.29) is 0 Å². The fraction of sp³-hybridized carbons (Fsp3) is 0.500. The van der Waals surface area contributed by atoms with Gasteiger partial charge in [-0.3, -0.25) is 0 Å². The van der Waals surface area contributed by atoms with Crippen LogP contribution in [0.2, 0.25) is 0 Å². The van der Waals surface area contributed by atoms with Gasteiger partial charge >= 0.3 is 0 Å². The Hall–Kier alpha value is -0.900. The van der Waals surface area contributed by atoms with Gasteiger partial charge in [0.2, 0.25) is 0 Å². The molecule has 1 heterocycles. The summed E-state index contributed by atoms with van der Waals surface area (Å²) in [6.07, 6.45) is 2.02. The number of rotatable bonds is 4. The van der Waals surface area contributed by atoms with Crippen LogP contribution in [-0.4, -0.2) is 19.8 Å². The van der Waals surface area contributed by atoms with E-state index in [1.807, 2.05) is 0 Å². The van der Waals surface area contributed by atoms with E-state index >= 15 is 0 Å². The van der Waals surface area contributed by atoms with E-state index < -0.39 is 0 Å². The van der Waals surface area contributed by atoms with E-state index in [2.05, 4.69) is 29.1 Å². The normalized spacial score (nSPS) is 20.7. The first kappa shape index (κ1) is 10.6. The molecule has 1 aromatic rings. The molecule has 1 aromatic carbocycles. The minimum Gasteiger partial charge on any atom is -0.381 e. The largest absolute Gasteiger partial charge is 0.381 e. The predicted octanol–water partition coefficient (Wildman–Crippen LogP) is 1.62. The van der Waals surface area contributed by atoms with Crippen molar-refractivity contribution in [3.05, 3.63) is 35.4 Å². The Balaban J connectivity index is 1.96. The van der Waals surface area contributed by atoms with Gasteiger partial charge in [-0.05, 0) is 24.0 Å². The summed E-state index contributed by atoms with van der Waals surface area (Å²) in [4.78, 5) is 4.56. The Bertz CT molecular complexity index is 291. The lowest BCUT2D eigenvalue weighted by molar-refractivity contribution is 0.141. The molecule has 82 valence electrons. The SMILES string of the molecule is NOCCc1ccc(C2CCOC2)cc1. The van der Waals surface area contributed by atoms with Gasteiger partial charge in [0.1, 0.15) is 0 Å². The molecule has 0 bridgehead atoms. The van der Waals surface area contributed by atoms with Crippen molar-refractivity contribution >= 4 is 0 Å². The van der Waals surface area contributed by atoms with E-state index in [0.29, 0.717) is 12.5 Å².